The molecule has 0 radical (unpaired) electrons. The fraction of sp³-hybridized carbons (Fsp3) is 0.125. The monoisotopic (exact) mass is 298 g/mol. The highest BCUT2D eigenvalue weighted by Crippen LogP contribution is 2.35. The molecule has 2 aromatic heterocycles. The number of ether oxygens (including phenoxy) is 1. The van der Waals surface area contributed by atoms with Gasteiger partial charge in [-0.3, -0.25) is 4.98 Å². The van der Waals surface area contributed by atoms with E-state index in [1.165, 1.54) is 11.5 Å². The van der Waals surface area contributed by atoms with Gasteiger partial charge in [-0.25, -0.2) is 0 Å². The molecule has 0 amide bonds. The smallest absolute Gasteiger partial charge is 0.233 e. The van der Waals surface area contributed by atoms with Crippen LogP contribution in [-0.2, 0) is 6.61 Å². The molecule has 0 fully saturated rings. The van der Waals surface area contributed by atoms with Gasteiger partial charge < -0.3 is 9.84 Å². The van der Waals surface area contributed by atoms with Crippen molar-refractivity contribution in [1.29, 1.82) is 0 Å². The second-order valence-electron chi connectivity index (χ2n) is 4.45. The van der Waals surface area contributed by atoms with E-state index in [4.69, 9.17) is 4.74 Å². The van der Waals surface area contributed by atoms with Crippen LogP contribution in [0, 0.1) is 0 Å². The molecule has 0 aliphatic carbocycles. The fourth-order valence-electron chi connectivity index (χ4n) is 2.16. The second kappa shape index (κ2) is 6.03. The van der Waals surface area contributed by atoms with Crippen molar-refractivity contribution < 1.29 is 9.84 Å². The van der Waals surface area contributed by atoms with Crippen LogP contribution in [0.5, 0.6) is 5.88 Å². The van der Waals surface area contributed by atoms with Crippen molar-refractivity contribution in [1.82, 2.24) is 9.36 Å². The predicted molar refractivity (Wildman–Crippen MR) is 83.3 cm³/mol. The number of nitrogens with zero attached hydrogens (tertiary/aromatic N) is 2. The first kappa shape index (κ1) is 13.7. The maximum Gasteiger partial charge on any atom is 0.233 e. The summed E-state index contributed by atoms with van der Waals surface area (Å²) >= 11 is 1.24. The molecule has 3 aromatic rings. The minimum Gasteiger partial charge on any atom is -0.480 e. The van der Waals surface area contributed by atoms with Gasteiger partial charge >= 0.3 is 0 Å². The van der Waals surface area contributed by atoms with Crippen LogP contribution in [0.3, 0.4) is 0 Å². The Hall–Kier alpha value is -2.24. The van der Waals surface area contributed by atoms with E-state index in [-0.39, 0.29) is 6.61 Å². The number of pyridine rings is 1. The lowest BCUT2D eigenvalue weighted by Gasteiger charge is -2.05. The minimum atomic E-state index is -0.0587. The zero-order valence-electron chi connectivity index (χ0n) is 11.5. The van der Waals surface area contributed by atoms with Crippen LogP contribution < -0.4 is 4.74 Å². The van der Waals surface area contributed by atoms with Gasteiger partial charge in [0.1, 0.15) is 0 Å². The molecule has 0 atom stereocenters. The van der Waals surface area contributed by atoms with Crippen molar-refractivity contribution in [3.63, 3.8) is 0 Å². The van der Waals surface area contributed by atoms with E-state index in [9.17, 15) is 5.11 Å². The summed E-state index contributed by atoms with van der Waals surface area (Å²) in [5.74, 6) is 0.526. The maximum atomic E-state index is 9.42. The molecule has 4 nitrogen and oxygen atoms in total. The minimum absolute atomic E-state index is 0.0587. The van der Waals surface area contributed by atoms with E-state index in [1.807, 2.05) is 42.5 Å². The van der Waals surface area contributed by atoms with E-state index in [1.54, 1.807) is 13.3 Å². The van der Waals surface area contributed by atoms with Gasteiger partial charge in [0, 0.05) is 17.3 Å². The lowest BCUT2D eigenvalue weighted by molar-refractivity contribution is 0.285. The fourth-order valence-corrected chi connectivity index (χ4v) is 2.87. The number of aromatic nitrogens is 2. The van der Waals surface area contributed by atoms with Crippen molar-refractivity contribution in [2.75, 3.05) is 7.11 Å². The van der Waals surface area contributed by atoms with Crippen LogP contribution in [0.1, 0.15) is 4.88 Å². The molecule has 1 aromatic carbocycles. The molecule has 0 saturated heterocycles. The van der Waals surface area contributed by atoms with Gasteiger partial charge in [0.15, 0.2) is 0 Å². The first-order valence-corrected chi connectivity index (χ1v) is 7.26. The Morgan fingerprint density at radius 3 is 2.52 bits per heavy atom. The van der Waals surface area contributed by atoms with Gasteiger partial charge in [-0.2, -0.15) is 4.37 Å². The SMILES string of the molecule is COc1nsc(CO)c1-c1ccc(-c2ccccc2)nc1. The lowest BCUT2D eigenvalue weighted by Crippen LogP contribution is -1.90. The summed E-state index contributed by atoms with van der Waals surface area (Å²) in [7, 11) is 1.57. The molecule has 0 saturated carbocycles. The van der Waals surface area contributed by atoms with Crippen LogP contribution in [0.15, 0.2) is 48.7 Å². The number of aliphatic hydroxyl groups is 1. The van der Waals surface area contributed by atoms with Gasteiger partial charge in [0.2, 0.25) is 5.88 Å². The first-order chi connectivity index (χ1) is 10.3. The summed E-state index contributed by atoms with van der Waals surface area (Å²) in [6.45, 7) is -0.0587. The van der Waals surface area contributed by atoms with Crippen LogP contribution in [0.25, 0.3) is 22.4 Å². The molecule has 5 heteroatoms. The highest BCUT2D eigenvalue weighted by Gasteiger charge is 2.16. The summed E-state index contributed by atoms with van der Waals surface area (Å²) in [6.07, 6.45) is 1.79. The van der Waals surface area contributed by atoms with Crippen molar-refractivity contribution in [3.05, 3.63) is 53.5 Å². The molecule has 106 valence electrons. The first-order valence-electron chi connectivity index (χ1n) is 6.48. The average Bonchev–Trinajstić information content (AvgIpc) is 2.99. The third kappa shape index (κ3) is 2.66. The molecule has 21 heavy (non-hydrogen) atoms. The number of methoxy groups -OCH3 is 1. The van der Waals surface area contributed by atoms with Gasteiger partial charge in [0.25, 0.3) is 0 Å². The zero-order valence-corrected chi connectivity index (χ0v) is 12.3. The topological polar surface area (TPSA) is 55.2 Å². The van der Waals surface area contributed by atoms with E-state index < -0.39 is 0 Å². The number of hydrogen-bond acceptors (Lipinski definition) is 5. The largest absolute Gasteiger partial charge is 0.480 e. The van der Waals surface area contributed by atoms with Gasteiger partial charge in [0.05, 0.1) is 29.9 Å². The number of aliphatic hydroxyl groups excluding tert-OH is 1. The third-order valence-electron chi connectivity index (χ3n) is 3.19. The van der Waals surface area contributed by atoms with E-state index >= 15 is 0 Å². The highest BCUT2D eigenvalue weighted by molar-refractivity contribution is 7.06. The predicted octanol–water partition coefficient (Wildman–Crippen LogP) is 3.37. The molecule has 0 aliphatic rings. The summed E-state index contributed by atoms with van der Waals surface area (Å²) in [5, 5.41) is 9.42. The number of benzene rings is 1. The molecular formula is C16H14N2O2S. The zero-order chi connectivity index (χ0) is 14.7. The van der Waals surface area contributed by atoms with Crippen molar-refractivity contribution in [3.8, 4) is 28.3 Å². The standard InChI is InChI=1S/C16H14N2O2S/c1-20-16-15(14(10-19)21-18-16)12-7-8-13(17-9-12)11-5-3-2-4-6-11/h2-9,19H,10H2,1H3. The Kier molecular flexibility index (Phi) is 3.94. The van der Waals surface area contributed by atoms with Gasteiger partial charge in [-0.1, -0.05) is 36.4 Å². The lowest BCUT2D eigenvalue weighted by atomic mass is 10.1. The Balaban J connectivity index is 2.00. The molecule has 2 heterocycles. The molecule has 0 unspecified atom stereocenters. The van der Waals surface area contributed by atoms with E-state index in [2.05, 4.69) is 9.36 Å². The second-order valence-corrected chi connectivity index (χ2v) is 5.30. The highest BCUT2D eigenvalue weighted by atomic mass is 32.1. The van der Waals surface area contributed by atoms with E-state index in [0.29, 0.717) is 5.88 Å². The summed E-state index contributed by atoms with van der Waals surface area (Å²) < 4.78 is 9.45. The Bertz CT molecular complexity index is 702. The van der Waals surface area contributed by atoms with Gasteiger partial charge in [-0.05, 0) is 17.6 Å². The Labute approximate surface area is 126 Å². The van der Waals surface area contributed by atoms with Crippen molar-refractivity contribution in [2.45, 2.75) is 6.61 Å². The molecule has 1 N–H and O–H groups in total. The molecule has 0 spiro atoms. The van der Waals surface area contributed by atoms with Crippen molar-refractivity contribution in [2.24, 2.45) is 0 Å². The molecule has 0 aliphatic heterocycles. The number of hydrogen-bond donors (Lipinski definition) is 1. The van der Waals surface area contributed by atoms with Crippen LogP contribution in [-0.4, -0.2) is 21.6 Å². The quantitative estimate of drug-likeness (QED) is 0.802. The number of rotatable bonds is 4. The summed E-state index contributed by atoms with van der Waals surface area (Å²) in [6, 6.07) is 13.9. The maximum absolute atomic E-state index is 9.42. The van der Waals surface area contributed by atoms with Gasteiger partial charge in [-0.15, -0.1) is 0 Å². The van der Waals surface area contributed by atoms with Crippen LogP contribution >= 0.6 is 11.5 Å². The van der Waals surface area contributed by atoms with Crippen LogP contribution in [0.4, 0.5) is 0 Å². The summed E-state index contributed by atoms with van der Waals surface area (Å²) in [4.78, 5) is 5.27. The van der Waals surface area contributed by atoms with Crippen LogP contribution in [0.2, 0.25) is 0 Å². The average molecular weight is 298 g/mol. The molecular weight excluding hydrogens is 284 g/mol. The third-order valence-corrected chi connectivity index (χ3v) is 4.00. The normalized spacial score (nSPS) is 10.6. The Morgan fingerprint density at radius 2 is 1.90 bits per heavy atom. The molecule has 3 rings (SSSR count). The Morgan fingerprint density at radius 1 is 1.10 bits per heavy atom. The van der Waals surface area contributed by atoms with E-state index in [0.717, 1.165) is 27.3 Å². The summed E-state index contributed by atoms with van der Waals surface area (Å²) in [5.41, 5.74) is 3.69. The molecule has 0 bridgehead atoms. The van der Waals surface area contributed by atoms with Crippen molar-refractivity contribution >= 4 is 11.5 Å².